The van der Waals surface area contributed by atoms with Gasteiger partial charge >= 0.3 is 17.9 Å². The van der Waals surface area contributed by atoms with E-state index in [1.165, 1.54) is 89.9 Å². The van der Waals surface area contributed by atoms with Gasteiger partial charge in [-0.15, -0.1) is 0 Å². The summed E-state index contributed by atoms with van der Waals surface area (Å²) in [6.45, 7) is 6.43. The molecule has 1 unspecified atom stereocenters. The summed E-state index contributed by atoms with van der Waals surface area (Å²) >= 11 is 0. The van der Waals surface area contributed by atoms with Gasteiger partial charge in [-0.3, -0.25) is 14.4 Å². The van der Waals surface area contributed by atoms with Crippen molar-refractivity contribution >= 4 is 17.9 Å². The lowest BCUT2D eigenvalue weighted by atomic mass is 10.1. The van der Waals surface area contributed by atoms with Crippen molar-refractivity contribution in [2.75, 3.05) is 13.2 Å². The SMILES string of the molecule is CC/C=C\C/C=C\C/C=C\CCCCCCCCCC(=O)OC(COC(=O)CCCCCCC/C=C\C/C=C\CCCC)COC(=O)CCCCCCCC/C=C\C/C=C\C/C=C\CCCCC. The lowest BCUT2D eigenvalue weighted by Crippen LogP contribution is -2.30. The van der Waals surface area contributed by atoms with E-state index >= 15 is 0 Å². The second-order valence-electron chi connectivity index (χ2n) is 18.5. The molecule has 0 saturated heterocycles. The minimum absolute atomic E-state index is 0.0938. The average molecular weight is 946 g/mol. The van der Waals surface area contributed by atoms with E-state index in [0.717, 1.165) is 128 Å². The predicted octanol–water partition coefficient (Wildman–Crippen LogP) is 18.9. The van der Waals surface area contributed by atoms with E-state index < -0.39 is 6.10 Å². The molecule has 0 heterocycles. The van der Waals surface area contributed by atoms with Crippen LogP contribution in [0.1, 0.15) is 258 Å². The van der Waals surface area contributed by atoms with E-state index in [2.05, 4.69) is 118 Å². The smallest absolute Gasteiger partial charge is 0.306 e. The molecule has 0 spiro atoms. The van der Waals surface area contributed by atoms with Crippen LogP contribution in [-0.4, -0.2) is 37.2 Å². The van der Waals surface area contributed by atoms with Gasteiger partial charge in [0.05, 0.1) is 0 Å². The van der Waals surface area contributed by atoms with Gasteiger partial charge in [0.1, 0.15) is 13.2 Å². The first-order valence-electron chi connectivity index (χ1n) is 28.2. The Morgan fingerprint density at radius 1 is 0.309 bits per heavy atom. The summed E-state index contributed by atoms with van der Waals surface area (Å²) in [5, 5.41) is 0. The normalized spacial score (nSPS) is 12.8. The average Bonchev–Trinajstić information content (AvgIpc) is 3.34. The third kappa shape index (κ3) is 53.3. The maximum atomic E-state index is 12.9. The number of hydrogen-bond acceptors (Lipinski definition) is 6. The molecule has 6 heteroatoms. The molecule has 0 amide bonds. The highest BCUT2D eigenvalue weighted by Crippen LogP contribution is 2.14. The second-order valence-corrected chi connectivity index (χ2v) is 18.5. The zero-order chi connectivity index (χ0) is 49.3. The van der Waals surface area contributed by atoms with Crippen LogP contribution in [0.5, 0.6) is 0 Å². The highest BCUT2D eigenvalue weighted by Gasteiger charge is 2.19. The number of allylic oxidation sites excluding steroid dienone is 16. The van der Waals surface area contributed by atoms with E-state index in [4.69, 9.17) is 14.2 Å². The highest BCUT2D eigenvalue weighted by atomic mass is 16.6. The first kappa shape index (κ1) is 64.3. The summed E-state index contributed by atoms with van der Waals surface area (Å²) in [5.74, 6) is -0.927. The van der Waals surface area contributed by atoms with Crippen LogP contribution < -0.4 is 0 Å². The highest BCUT2D eigenvalue weighted by molar-refractivity contribution is 5.71. The van der Waals surface area contributed by atoms with E-state index in [9.17, 15) is 14.4 Å². The van der Waals surface area contributed by atoms with E-state index in [1.807, 2.05) is 0 Å². The molecular weight excluding hydrogens is 841 g/mol. The topological polar surface area (TPSA) is 78.9 Å². The minimum atomic E-state index is -0.796. The molecule has 0 aromatic rings. The van der Waals surface area contributed by atoms with Crippen LogP contribution in [0, 0.1) is 0 Å². The van der Waals surface area contributed by atoms with Gasteiger partial charge < -0.3 is 14.2 Å². The number of unbranched alkanes of at least 4 members (excludes halogenated alkanes) is 23. The Morgan fingerprint density at radius 3 is 0.941 bits per heavy atom. The van der Waals surface area contributed by atoms with Crippen molar-refractivity contribution in [1.82, 2.24) is 0 Å². The molecule has 0 N–H and O–H groups in total. The summed E-state index contributed by atoms with van der Waals surface area (Å²) in [7, 11) is 0. The molecule has 0 bridgehead atoms. The van der Waals surface area contributed by atoms with Gasteiger partial charge in [-0.25, -0.2) is 0 Å². The Bertz CT molecular complexity index is 1360. The van der Waals surface area contributed by atoms with Crippen LogP contribution in [0.25, 0.3) is 0 Å². The molecule has 1 atom stereocenters. The van der Waals surface area contributed by atoms with Crippen molar-refractivity contribution in [3.05, 3.63) is 97.2 Å². The lowest BCUT2D eigenvalue weighted by molar-refractivity contribution is -0.167. The van der Waals surface area contributed by atoms with Crippen LogP contribution in [0.3, 0.4) is 0 Å². The standard InChI is InChI=1S/C62H104O6/c1-4-7-10-13-16-19-22-25-28-30-31-33-34-37-40-43-46-49-52-55-61(64)67-58-59(57-66-60(63)54-51-48-45-42-39-36-27-24-21-18-15-12-9-6-3)68-62(65)56-53-50-47-44-41-38-35-32-29-26-23-20-17-14-11-8-5-2/h8,11,15-20,24-29,31,33,59H,4-7,9-10,12-14,21-23,30,32,34-58H2,1-3H3/b11-8-,18-15-,19-16-,20-17-,27-24-,28-25-,29-26-,33-31-. The van der Waals surface area contributed by atoms with Gasteiger partial charge in [-0.1, -0.05) is 221 Å². The number of esters is 3. The lowest BCUT2D eigenvalue weighted by Gasteiger charge is -2.18. The molecule has 0 aliphatic carbocycles. The van der Waals surface area contributed by atoms with Crippen molar-refractivity contribution in [3.63, 3.8) is 0 Å². The fourth-order valence-corrected chi connectivity index (χ4v) is 7.54. The Hall–Kier alpha value is -3.67. The molecule has 0 saturated carbocycles. The maximum Gasteiger partial charge on any atom is 0.306 e. The second kappa shape index (κ2) is 55.9. The largest absolute Gasteiger partial charge is 0.462 e. The zero-order valence-corrected chi connectivity index (χ0v) is 44.3. The zero-order valence-electron chi connectivity index (χ0n) is 44.3. The van der Waals surface area contributed by atoms with Crippen molar-refractivity contribution in [1.29, 1.82) is 0 Å². The van der Waals surface area contributed by atoms with Crippen molar-refractivity contribution in [3.8, 4) is 0 Å². The maximum absolute atomic E-state index is 12.9. The molecule has 68 heavy (non-hydrogen) atoms. The molecule has 388 valence electrons. The van der Waals surface area contributed by atoms with Crippen LogP contribution >= 0.6 is 0 Å². The quantitative estimate of drug-likeness (QED) is 0.0262. The molecule has 0 aliphatic heterocycles. The Kier molecular flexibility index (Phi) is 52.9. The first-order chi connectivity index (χ1) is 33.5. The van der Waals surface area contributed by atoms with Crippen molar-refractivity contribution in [2.45, 2.75) is 264 Å². The molecule has 0 fully saturated rings. The van der Waals surface area contributed by atoms with Crippen molar-refractivity contribution < 1.29 is 28.6 Å². The number of carbonyl (C=O) groups excluding carboxylic acids is 3. The summed E-state index contributed by atoms with van der Waals surface area (Å²) in [5.41, 5.74) is 0. The third-order valence-electron chi connectivity index (χ3n) is 11.8. The first-order valence-corrected chi connectivity index (χ1v) is 28.2. The van der Waals surface area contributed by atoms with E-state index in [1.54, 1.807) is 0 Å². The van der Waals surface area contributed by atoms with Crippen LogP contribution in [-0.2, 0) is 28.6 Å². The van der Waals surface area contributed by atoms with Gasteiger partial charge in [0.15, 0.2) is 6.10 Å². The number of rotatable bonds is 50. The van der Waals surface area contributed by atoms with Crippen LogP contribution in [0.15, 0.2) is 97.2 Å². The monoisotopic (exact) mass is 945 g/mol. The number of hydrogen-bond donors (Lipinski definition) is 0. The fourth-order valence-electron chi connectivity index (χ4n) is 7.54. The Balaban J connectivity index is 4.44. The Morgan fingerprint density at radius 2 is 0.588 bits per heavy atom. The summed E-state index contributed by atoms with van der Waals surface area (Å²) in [6, 6.07) is 0. The number of carbonyl (C=O) groups is 3. The van der Waals surface area contributed by atoms with Gasteiger partial charge in [0.25, 0.3) is 0 Å². The third-order valence-corrected chi connectivity index (χ3v) is 11.8. The predicted molar refractivity (Wildman–Crippen MR) is 293 cm³/mol. The molecule has 0 rings (SSSR count). The Labute approximate surface area is 419 Å². The van der Waals surface area contributed by atoms with Gasteiger partial charge in [0.2, 0.25) is 0 Å². The minimum Gasteiger partial charge on any atom is -0.462 e. The molecule has 0 aromatic heterocycles. The van der Waals surface area contributed by atoms with E-state index in [0.29, 0.717) is 19.3 Å². The van der Waals surface area contributed by atoms with Crippen molar-refractivity contribution in [2.24, 2.45) is 0 Å². The molecule has 0 aromatic carbocycles. The van der Waals surface area contributed by atoms with Gasteiger partial charge in [0, 0.05) is 19.3 Å². The van der Waals surface area contributed by atoms with E-state index in [-0.39, 0.29) is 31.1 Å². The fraction of sp³-hybridized carbons (Fsp3) is 0.694. The van der Waals surface area contributed by atoms with Crippen LogP contribution in [0.2, 0.25) is 0 Å². The van der Waals surface area contributed by atoms with Crippen LogP contribution in [0.4, 0.5) is 0 Å². The molecule has 0 radical (unpaired) electrons. The van der Waals surface area contributed by atoms with Gasteiger partial charge in [-0.05, 0) is 116 Å². The molecule has 0 aliphatic rings. The molecule has 6 nitrogen and oxygen atoms in total. The summed E-state index contributed by atoms with van der Waals surface area (Å²) in [6.07, 6.45) is 73.8. The number of ether oxygens (including phenoxy) is 3. The summed E-state index contributed by atoms with van der Waals surface area (Å²) < 4.78 is 16.8. The molecular formula is C62H104O6. The van der Waals surface area contributed by atoms with Gasteiger partial charge in [-0.2, -0.15) is 0 Å². The summed E-state index contributed by atoms with van der Waals surface area (Å²) in [4.78, 5) is 38.1.